The molecule has 0 amide bonds. The first-order valence-electron chi connectivity index (χ1n) is 6.97. The van der Waals surface area contributed by atoms with Gasteiger partial charge in [0.1, 0.15) is 11.5 Å². The van der Waals surface area contributed by atoms with E-state index in [-0.39, 0.29) is 0 Å². The zero-order chi connectivity index (χ0) is 15.5. The number of furan rings is 1. The number of aryl methyl sites for hydroxylation is 1. The maximum Gasteiger partial charge on any atom is 0.243 e. The minimum Gasteiger partial charge on any atom is -0.459 e. The van der Waals surface area contributed by atoms with Crippen LogP contribution in [0.25, 0.3) is 11.3 Å². The van der Waals surface area contributed by atoms with E-state index in [0.29, 0.717) is 12.5 Å². The molecule has 1 unspecified atom stereocenters. The van der Waals surface area contributed by atoms with E-state index in [1.54, 1.807) is 18.7 Å². The molecule has 0 bridgehead atoms. The van der Waals surface area contributed by atoms with E-state index in [1.165, 1.54) is 0 Å². The summed E-state index contributed by atoms with van der Waals surface area (Å²) in [6, 6.07) is 11.5. The van der Waals surface area contributed by atoms with Gasteiger partial charge in [0.2, 0.25) is 5.95 Å². The summed E-state index contributed by atoms with van der Waals surface area (Å²) in [5.74, 6) is 2.15. The van der Waals surface area contributed by atoms with Crippen LogP contribution in [0, 0.1) is 0 Å². The molecule has 1 atom stereocenters. The molecule has 3 aromatic rings. The van der Waals surface area contributed by atoms with Gasteiger partial charge in [-0.15, -0.1) is 0 Å². The predicted molar refractivity (Wildman–Crippen MR) is 80.9 cm³/mol. The number of anilines is 1. The second kappa shape index (κ2) is 5.98. The Bertz CT molecular complexity index is 745. The smallest absolute Gasteiger partial charge is 0.243 e. The number of aromatic nitrogens is 4. The average Bonchev–Trinajstić information content (AvgIpc) is 3.14. The fraction of sp³-hybridized carbons (Fsp3) is 0.267. The average molecular weight is 299 g/mol. The lowest BCUT2D eigenvalue weighted by Gasteiger charge is -2.05. The van der Waals surface area contributed by atoms with Crippen molar-refractivity contribution in [1.82, 2.24) is 20.2 Å². The molecule has 0 saturated carbocycles. The van der Waals surface area contributed by atoms with Crippen LogP contribution in [0.15, 0.2) is 40.8 Å². The predicted octanol–water partition coefficient (Wildman–Crippen LogP) is 2.14. The highest BCUT2D eigenvalue weighted by atomic mass is 16.3. The zero-order valence-corrected chi connectivity index (χ0v) is 12.4. The molecule has 2 N–H and O–H groups in total. The van der Waals surface area contributed by atoms with Crippen molar-refractivity contribution < 1.29 is 9.52 Å². The maximum atomic E-state index is 9.52. The van der Waals surface area contributed by atoms with Crippen LogP contribution in [0.5, 0.6) is 0 Å². The third kappa shape index (κ3) is 2.99. The first-order valence-corrected chi connectivity index (χ1v) is 6.97. The van der Waals surface area contributed by atoms with Gasteiger partial charge in [-0.1, -0.05) is 29.4 Å². The lowest BCUT2D eigenvalue weighted by atomic mass is 10.1. The Morgan fingerprint density at radius 1 is 1.23 bits per heavy atom. The molecule has 114 valence electrons. The number of aliphatic hydroxyl groups is 1. The number of nitrogens with one attached hydrogen (secondary N) is 1. The molecule has 7 nitrogen and oxygen atoms in total. The summed E-state index contributed by atoms with van der Waals surface area (Å²) in [6.45, 7) is 2.24. The van der Waals surface area contributed by atoms with Crippen LogP contribution in [0.1, 0.15) is 24.4 Å². The summed E-state index contributed by atoms with van der Waals surface area (Å²) in [4.78, 5) is 0. The van der Waals surface area contributed by atoms with Crippen LogP contribution >= 0.6 is 0 Å². The molecule has 0 fully saturated rings. The van der Waals surface area contributed by atoms with E-state index in [9.17, 15) is 5.11 Å². The largest absolute Gasteiger partial charge is 0.459 e. The summed E-state index contributed by atoms with van der Waals surface area (Å²) in [5, 5.41) is 23.8. The number of rotatable bonds is 5. The number of hydrogen-bond donors (Lipinski definition) is 2. The zero-order valence-electron chi connectivity index (χ0n) is 12.4. The highest BCUT2D eigenvalue weighted by Gasteiger charge is 2.07. The molecule has 3 rings (SSSR count). The van der Waals surface area contributed by atoms with Crippen LogP contribution in [-0.2, 0) is 13.6 Å². The Morgan fingerprint density at radius 2 is 2.00 bits per heavy atom. The van der Waals surface area contributed by atoms with Gasteiger partial charge in [-0.3, -0.25) is 0 Å². The van der Waals surface area contributed by atoms with E-state index in [2.05, 4.69) is 20.8 Å². The highest BCUT2D eigenvalue weighted by molar-refractivity contribution is 5.58. The van der Waals surface area contributed by atoms with Crippen LogP contribution in [0.2, 0.25) is 0 Å². The molecule has 0 spiro atoms. The summed E-state index contributed by atoms with van der Waals surface area (Å²) in [6.07, 6.45) is -0.467. The van der Waals surface area contributed by atoms with E-state index in [0.717, 1.165) is 22.6 Å². The third-order valence-electron chi connectivity index (χ3n) is 3.38. The minimum atomic E-state index is -0.467. The number of nitrogens with zero attached hydrogens (tertiary/aromatic N) is 4. The minimum absolute atomic E-state index is 0.467. The van der Waals surface area contributed by atoms with Gasteiger partial charge in [-0.2, -0.15) is 0 Å². The van der Waals surface area contributed by atoms with E-state index in [4.69, 9.17) is 4.42 Å². The lowest BCUT2D eigenvalue weighted by Crippen LogP contribution is -2.04. The molecule has 0 aliphatic heterocycles. The third-order valence-corrected chi connectivity index (χ3v) is 3.38. The summed E-state index contributed by atoms with van der Waals surface area (Å²) < 4.78 is 7.36. The van der Waals surface area contributed by atoms with Crippen molar-refractivity contribution in [2.24, 2.45) is 7.05 Å². The quantitative estimate of drug-likeness (QED) is 0.750. The first kappa shape index (κ1) is 14.3. The number of hydrogen-bond acceptors (Lipinski definition) is 6. The summed E-state index contributed by atoms with van der Waals surface area (Å²) in [5.41, 5.74) is 1.85. The molecular weight excluding hydrogens is 282 g/mol. The van der Waals surface area contributed by atoms with Gasteiger partial charge in [0.05, 0.1) is 12.6 Å². The molecule has 7 heteroatoms. The van der Waals surface area contributed by atoms with Crippen molar-refractivity contribution in [3.8, 4) is 11.3 Å². The molecule has 2 aromatic heterocycles. The van der Waals surface area contributed by atoms with Crippen molar-refractivity contribution in [2.45, 2.75) is 19.6 Å². The van der Waals surface area contributed by atoms with Crippen molar-refractivity contribution in [3.63, 3.8) is 0 Å². The number of benzene rings is 1. The van der Waals surface area contributed by atoms with E-state index in [1.807, 2.05) is 36.4 Å². The Morgan fingerprint density at radius 3 is 2.64 bits per heavy atom. The second-order valence-electron chi connectivity index (χ2n) is 5.04. The Kier molecular flexibility index (Phi) is 3.88. The summed E-state index contributed by atoms with van der Waals surface area (Å²) in [7, 11) is 1.76. The van der Waals surface area contributed by atoms with Crippen LogP contribution in [0.3, 0.4) is 0 Å². The molecule has 0 saturated heterocycles. The van der Waals surface area contributed by atoms with Gasteiger partial charge in [-0.05, 0) is 35.0 Å². The topological polar surface area (TPSA) is 89.0 Å². The van der Waals surface area contributed by atoms with Crippen molar-refractivity contribution in [3.05, 3.63) is 47.7 Å². The monoisotopic (exact) mass is 299 g/mol. The van der Waals surface area contributed by atoms with E-state index < -0.39 is 6.10 Å². The highest BCUT2D eigenvalue weighted by Crippen LogP contribution is 2.24. The Labute approximate surface area is 127 Å². The Balaban J connectivity index is 1.69. The van der Waals surface area contributed by atoms with Gasteiger partial charge in [-0.25, -0.2) is 4.68 Å². The fourth-order valence-corrected chi connectivity index (χ4v) is 2.10. The normalized spacial score (nSPS) is 12.3. The second-order valence-corrected chi connectivity index (χ2v) is 5.04. The lowest BCUT2D eigenvalue weighted by molar-refractivity contribution is 0.199. The fourth-order valence-electron chi connectivity index (χ4n) is 2.10. The van der Waals surface area contributed by atoms with Gasteiger partial charge in [0, 0.05) is 12.6 Å². The van der Waals surface area contributed by atoms with Crippen molar-refractivity contribution >= 4 is 5.95 Å². The molecular formula is C15H17N5O2. The molecule has 0 aliphatic carbocycles. The van der Waals surface area contributed by atoms with Gasteiger partial charge in [0.25, 0.3) is 0 Å². The molecule has 1 aromatic carbocycles. The number of aliphatic hydroxyl groups excluding tert-OH is 1. The SMILES string of the molecule is CC(O)c1ccc(-c2ccc(CNc3nnnn3C)o2)cc1. The first-order chi connectivity index (χ1) is 10.6. The van der Waals surface area contributed by atoms with Crippen molar-refractivity contribution in [2.75, 3.05) is 5.32 Å². The number of tetrazole rings is 1. The molecule has 0 radical (unpaired) electrons. The van der Waals surface area contributed by atoms with Gasteiger partial charge >= 0.3 is 0 Å². The maximum absolute atomic E-state index is 9.52. The molecule has 2 heterocycles. The van der Waals surface area contributed by atoms with Gasteiger partial charge in [0.15, 0.2) is 0 Å². The molecule has 0 aliphatic rings. The van der Waals surface area contributed by atoms with Gasteiger partial charge < -0.3 is 14.8 Å². The van der Waals surface area contributed by atoms with Crippen LogP contribution in [0.4, 0.5) is 5.95 Å². The van der Waals surface area contributed by atoms with Crippen LogP contribution < -0.4 is 5.32 Å². The molecule has 22 heavy (non-hydrogen) atoms. The Hall–Kier alpha value is -2.67. The van der Waals surface area contributed by atoms with Crippen LogP contribution in [-0.4, -0.2) is 25.3 Å². The summed E-state index contributed by atoms with van der Waals surface area (Å²) >= 11 is 0. The standard InChI is InChI=1S/C15H17N5O2/c1-10(21)11-3-5-12(6-4-11)14-8-7-13(22-14)9-16-15-17-18-19-20(15)2/h3-8,10,21H,9H2,1-2H3,(H,16,17,19). The van der Waals surface area contributed by atoms with E-state index >= 15 is 0 Å². The van der Waals surface area contributed by atoms with Crippen molar-refractivity contribution in [1.29, 1.82) is 0 Å².